The van der Waals surface area contributed by atoms with E-state index in [1.165, 1.54) is 18.4 Å². The Kier molecular flexibility index (Phi) is 3.79. The van der Waals surface area contributed by atoms with E-state index in [4.69, 9.17) is 4.74 Å². The maximum absolute atomic E-state index is 12.4. The molecule has 1 aliphatic heterocycles. The summed E-state index contributed by atoms with van der Waals surface area (Å²) in [6.07, 6.45) is 3.34. The third-order valence-electron chi connectivity index (χ3n) is 4.87. The third-order valence-corrected chi connectivity index (χ3v) is 4.87. The smallest absolute Gasteiger partial charge is 0.313 e. The Hall–Kier alpha value is -1.35. The Morgan fingerprint density at radius 3 is 2.95 bits per heavy atom. The van der Waals surface area contributed by atoms with Crippen molar-refractivity contribution in [3.63, 3.8) is 0 Å². The molecule has 0 unspecified atom stereocenters. The number of esters is 1. The fraction of sp³-hybridized carbons (Fsp3) is 0.588. The van der Waals surface area contributed by atoms with Gasteiger partial charge in [0, 0.05) is 19.6 Å². The Labute approximate surface area is 120 Å². The molecule has 1 saturated heterocycles. The number of hydrogen-bond donors (Lipinski definition) is 0. The lowest BCUT2D eigenvalue weighted by Gasteiger charge is -2.26. The predicted molar refractivity (Wildman–Crippen MR) is 78.1 cm³/mol. The molecule has 3 nitrogen and oxygen atoms in total. The van der Waals surface area contributed by atoms with Gasteiger partial charge in [0.1, 0.15) is 0 Å². The Morgan fingerprint density at radius 2 is 2.20 bits per heavy atom. The molecule has 2 aliphatic rings. The van der Waals surface area contributed by atoms with Crippen LogP contribution in [0.3, 0.4) is 0 Å². The molecule has 0 N–H and O–H groups in total. The van der Waals surface area contributed by atoms with Crippen molar-refractivity contribution in [2.75, 3.05) is 19.7 Å². The summed E-state index contributed by atoms with van der Waals surface area (Å²) < 4.78 is 5.36. The monoisotopic (exact) mass is 273 g/mol. The van der Waals surface area contributed by atoms with Crippen LogP contribution in [0.25, 0.3) is 0 Å². The Morgan fingerprint density at radius 1 is 1.40 bits per heavy atom. The molecule has 0 bridgehead atoms. The summed E-state index contributed by atoms with van der Waals surface area (Å²) in [5.41, 5.74) is 1.11. The SMILES string of the molecule is CCOC(=O)[C@@]12CCC[C@H]1CN(Cc1ccccc1)C2. The van der Waals surface area contributed by atoms with E-state index in [0.717, 1.165) is 26.1 Å². The summed E-state index contributed by atoms with van der Waals surface area (Å²) in [6.45, 7) is 5.23. The molecule has 0 aromatic heterocycles. The van der Waals surface area contributed by atoms with Gasteiger partial charge in [-0.2, -0.15) is 0 Å². The molecule has 1 heterocycles. The Bertz CT molecular complexity index is 473. The van der Waals surface area contributed by atoms with Crippen LogP contribution in [0.2, 0.25) is 0 Å². The van der Waals surface area contributed by atoms with Gasteiger partial charge < -0.3 is 4.74 Å². The van der Waals surface area contributed by atoms with Gasteiger partial charge in [-0.25, -0.2) is 0 Å². The second kappa shape index (κ2) is 5.57. The number of carbonyl (C=O) groups excluding carboxylic acids is 1. The molecule has 3 rings (SSSR count). The molecule has 108 valence electrons. The van der Waals surface area contributed by atoms with E-state index in [9.17, 15) is 4.79 Å². The first-order chi connectivity index (χ1) is 9.74. The standard InChI is InChI=1S/C17H23NO2/c1-2-20-16(19)17-10-6-9-15(17)12-18(13-17)11-14-7-4-3-5-8-14/h3-5,7-8,15H,2,6,9-13H2,1H3/t15-,17+/m0/s1. The van der Waals surface area contributed by atoms with Crippen LogP contribution in [0.5, 0.6) is 0 Å². The van der Waals surface area contributed by atoms with E-state index in [1.54, 1.807) is 0 Å². The molecule has 1 aliphatic carbocycles. The third kappa shape index (κ3) is 2.35. The van der Waals surface area contributed by atoms with Crippen LogP contribution in [-0.2, 0) is 16.1 Å². The van der Waals surface area contributed by atoms with Crippen LogP contribution < -0.4 is 0 Å². The summed E-state index contributed by atoms with van der Waals surface area (Å²) in [5.74, 6) is 0.531. The fourth-order valence-corrected chi connectivity index (χ4v) is 3.96. The number of carbonyl (C=O) groups is 1. The number of rotatable bonds is 4. The molecule has 0 spiro atoms. The molecule has 0 radical (unpaired) electrons. The highest BCUT2D eigenvalue weighted by Crippen LogP contribution is 2.49. The van der Waals surface area contributed by atoms with Crippen molar-refractivity contribution >= 4 is 5.97 Å². The number of fused-ring (bicyclic) bond motifs is 1. The topological polar surface area (TPSA) is 29.5 Å². The molecule has 2 fully saturated rings. The van der Waals surface area contributed by atoms with E-state index in [2.05, 4.69) is 29.2 Å². The zero-order chi connectivity index (χ0) is 14.0. The number of nitrogens with zero attached hydrogens (tertiary/aromatic N) is 1. The van der Waals surface area contributed by atoms with Crippen LogP contribution >= 0.6 is 0 Å². The summed E-state index contributed by atoms with van der Waals surface area (Å²) in [5, 5.41) is 0. The van der Waals surface area contributed by atoms with Gasteiger partial charge in [0.05, 0.1) is 12.0 Å². The summed E-state index contributed by atoms with van der Waals surface area (Å²) in [4.78, 5) is 14.8. The zero-order valence-corrected chi connectivity index (χ0v) is 12.2. The quantitative estimate of drug-likeness (QED) is 0.790. The lowest BCUT2D eigenvalue weighted by Crippen LogP contribution is -2.37. The van der Waals surface area contributed by atoms with Gasteiger partial charge in [0.2, 0.25) is 0 Å². The van der Waals surface area contributed by atoms with Crippen molar-refractivity contribution in [2.45, 2.75) is 32.7 Å². The van der Waals surface area contributed by atoms with Crippen molar-refractivity contribution in [2.24, 2.45) is 11.3 Å². The van der Waals surface area contributed by atoms with E-state index in [0.29, 0.717) is 12.5 Å². The maximum Gasteiger partial charge on any atom is 0.313 e. The molecule has 3 heteroatoms. The average molecular weight is 273 g/mol. The Balaban J connectivity index is 1.72. The van der Waals surface area contributed by atoms with E-state index in [1.807, 2.05) is 13.0 Å². The van der Waals surface area contributed by atoms with Gasteiger partial charge >= 0.3 is 5.97 Å². The highest BCUT2D eigenvalue weighted by atomic mass is 16.5. The van der Waals surface area contributed by atoms with Crippen LogP contribution in [0, 0.1) is 11.3 Å². The lowest BCUT2D eigenvalue weighted by molar-refractivity contribution is -0.156. The predicted octanol–water partition coefficient (Wildman–Crippen LogP) is 2.85. The van der Waals surface area contributed by atoms with E-state index in [-0.39, 0.29) is 11.4 Å². The fourth-order valence-electron chi connectivity index (χ4n) is 3.96. The van der Waals surface area contributed by atoms with Crippen molar-refractivity contribution in [1.29, 1.82) is 0 Å². The molecule has 0 amide bonds. The van der Waals surface area contributed by atoms with Crippen molar-refractivity contribution < 1.29 is 9.53 Å². The summed E-state index contributed by atoms with van der Waals surface area (Å²) in [6, 6.07) is 10.5. The molecule has 2 atom stereocenters. The number of hydrogen-bond acceptors (Lipinski definition) is 3. The van der Waals surface area contributed by atoms with Gasteiger partial charge in [0.25, 0.3) is 0 Å². The second-order valence-electron chi connectivity index (χ2n) is 6.12. The van der Waals surface area contributed by atoms with Gasteiger partial charge in [-0.05, 0) is 31.2 Å². The van der Waals surface area contributed by atoms with Gasteiger partial charge in [-0.1, -0.05) is 36.8 Å². The summed E-state index contributed by atoms with van der Waals surface area (Å²) >= 11 is 0. The zero-order valence-electron chi connectivity index (χ0n) is 12.2. The first-order valence-electron chi connectivity index (χ1n) is 7.68. The molecule has 1 saturated carbocycles. The molecular formula is C17H23NO2. The first-order valence-corrected chi connectivity index (χ1v) is 7.68. The first kappa shape index (κ1) is 13.6. The normalized spacial score (nSPS) is 29.4. The van der Waals surface area contributed by atoms with Crippen LogP contribution in [-0.4, -0.2) is 30.6 Å². The minimum absolute atomic E-state index is 0.0399. The number of benzene rings is 1. The molecule has 1 aromatic rings. The highest BCUT2D eigenvalue weighted by molar-refractivity contribution is 5.78. The van der Waals surface area contributed by atoms with Crippen molar-refractivity contribution in [3.8, 4) is 0 Å². The molecule has 1 aromatic carbocycles. The largest absolute Gasteiger partial charge is 0.466 e. The summed E-state index contributed by atoms with van der Waals surface area (Å²) in [7, 11) is 0. The second-order valence-corrected chi connectivity index (χ2v) is 6.12. The van der Waals surface area contributed by atoms with E-state index < -0.39 is 0 Å². The van der Waals surface area contributed by atoms with Crippen molar-refractivity contribution in [3.05, 3.63) is 35.9 Å². The van der Waals surface area contributed by atoms with Crippen LogP contribution in [0.1, 0.15) is 31.7 Å². The van der Waals surface area contributed by atoms with Crippen LogP contribution in [0.15, 0.2) is 30.3 Å². The van der Waals surface area contributed by atoms with Gasteiger partial charge in [-0.3, -0.25) is 9.69 Å². The van der Waals surface area contributed by atoms with E-state index >= 15 is 0 Å². The molecular weight excluding hydrogens is 250 g/mol. The number of likely N-dealkylation sites (tertiary alicyclic amines) is 1. The lowest BCUT2D eigenvalue weighted by atomic mass is 9.81. The highest BCUT2D eigenvalue weighted by Gasteiger charge is 2.55. The van der Waals surface area contributed by atoms with Crippen molar-refractivity contribution in [1.82, 2.24) is 4.90 Å². The number of ether oxygens (including phenoxy) is 1. The van der Waals surface area contributed by atoms with Crippen LogP contribution in [0.4, 0.5) is 0 Å². The van der Waals surface area contributed by atoms with Gasteiger partial charge in [0.15, 0.2) is 0 Å². The average Bonchev–Trinajstić information content (AvgIpc) is 2.97. The molecule has 20 heavy (non-hydrogen) atoms. The van der Waals surface area contributed by atoms with Gasteiger partial charge in [-0.15, -0.1) is 0 Å². The minimum Gasteiger partial charge on any atom is -0.466 e. The minimum atomic E-state index is -0.217. The maximum atomic E-state index is 12.4.